The predicted molar refractivity (Wildman–Crippen MR) is 75.1 cm³/mol. The van der Waals surface area contributed by atoms with Crippen LogP contribution in [0.15, 0.2) is 17.8 Å². The van der Waals surface area contributed by atoms with E-state index in [4.69, 9.17) is 0 Å². The van der Waals surface area contributed by atoms with Crippen molar-refractivity contribution in [2.75, 3.05) is 18.0 Å². The van der Waals surface area contributed by atoms with E-state index in [-0.39, 0.29) is 0 Å². The Morgan fingerprint density at radius 1 is 1.21 bits per heavy atom. The number of rotatable bonds is 1. The number of hydrogen-bond acceptors (Lipinski definition) is 4. The lowest BCUT2D eigenvalue weighted by Gasteiger charge is -2.13. The molecule has 2 aromatic rings. The first-order valence-electron chi connectivity index (χ1n) is 6.38. The summed E-state index contributed by atoms with van der Waals surface area (Å²) < 4.78 is 0. The van der Waals surface area contributed by atoms with Gasteiger partial charge in [-0.2, -0.15) is 4.98 Å². The molecular weight excluding hydrogens is 256 g/mol. The second-order valence-corrected chi connectivity index (χ2v) is 5.63. The summed E-state index contributed by atoms with van der Waals surface area (Å²) in [6.45, 7) is 4.16. The molecule has 1 aliphatic heterocycles. The lowest BCUT2D eigenvalue weighted by Crippen LogP contribution is -2.20. The van der Waals surface area contributed by atoms with E-state index in [0.717, 1.165) is 35.3 Å². The summed E-state index contributed by atoms with van der Waals surface area (Å²) in [5.41, 5.74) is 1.78. The monoisotopic (exact) mass is 271 g/mol. The molecule has 0 atom stereocenters. The first-order valence-corrected chi connectivity index (χ1v) is 7.26. The smallest absolute Gasteiger partial charge is 0.266 e. The zero-order valence-corrected chi connectivity index (χ0v) is 11.6. The number of anilines is 1. The molecule has 1 aliphatic rings. The normalized spacial score (nSPS) is 14.3. The first-order chi connectivity index (χ1) is 9.31. The molecule has 96 valence electrons. The molecule has 0 amide bonds. The minimum absolute atomic E-state index is 0.820. The van der Waals surface area contributed by atoms with E-state index in [1.165, 1.54) is 12.8 Å². The van der Waals surface area contributed by atoms with Crippen molar-refractivity contribution in [2.45, 2.75) is 19.8 Å². The highest BCUT2D eigenvalue weighted by Crippen LogP contribution is 2.14. The van der Waals surface area contributed by atoms with Gasteiger partial charge in [0.1, 0.15) is 0 Å². The van der Waals surface area contributed by atoms with Gasteiger partial charge in [-0.3, -0.25) is 0 Å². The number of H-pyrrole nitrogens is 1. The molecule has 0 bridgehead atoms. The summed E-state index contributed by atoms with van der Waals surface area (Å²) in [6.07, 6.45) is 6.07. The fourth-order valence-electron chi connectivity index (χ4n) is 2.06. The van der Waals surface area contributed by atoms with Crippen molar-refractivity contribution < 1.29 is 4.98 Å². The third-order valence-corrected chi connectivity index (χ3v) is 3.84. The highest BCUT2D eigenvalue weighted by atomic mass is 32.1. The van der Waals surface area contributed by atoms with Crippen LogP contribution in [0.4, 0.5) is 5.95 Å². The Labute approximate surface area is 116 Å². The maximum absolute atomic E-state index is 4.38. The predicted octanol–water partition coefficient (Wildman–Crippen LogP) is 1.66. The fourth-order valence-corrected chi connectivity index (χ4v) is 2.64. The van der Waals surface area contributed by atoms with Crippen LogP contribution in [0, 0.1) is 18.8 Å². The highest BCUT2D eigenvalue weighted by Gasteiger charge is 2.14. The Balaban J connectivity index is 1.74. The van der Waals surface area contributed by atoms with Crippen molar-refractivity contribution in [1.29, 1.82) is 0 Å². The molecule has 0 saturated carbocycles. The zero-order chi connectivity index (χ0) is 13.1. The molecule has 3 rings (SSSR count). The topological polar surface area (TPSA) is 43.2 Å². The van der Waals surface area contributed by atoms with Crippen molar-refractivity contribution in [3.05, 3.63) is 34.0 Å². The van der Waals surface area contributed by atoms with Crippen LogP contribution in [0.3, 0.4) is 0 Å². The SMILES string of the molecule is Cc1[nH+]c(C#Cc2cnc(N3CCCC3)nc2)cs1. The molecule has 19 heavy (non-hydrogen) atoms. The van der Waals surface area contributed by atoms with E-state index < -0.39 is 0 Å². The van der Waals surface area contributed by atoms with Gasteiger partial charge >= 0.3 is 0 Å². The van der Waals surface area contributed by atoms with E-state index in [9.17, 15) is 0 Å². The lowest BCUT2D eigenvalue weighted by molar-refractivity contribution is -0.383. The Morgan fingerprint density at radius 3 is 2.58 bits per heavy atom. The van der Waals surface area contributed by atoms with Crippen molar-refractivity contribution >= 4 is 17.3 Å². The van der Waals surface area contributed by atoms with Gasteiger partial charge in [0.15, 0.2) is 0 Å². The summed E-state index contributed by atoms with van der Waals surface area (Å²) >= 11 is 1.66. The standard InChI is InChI=1S/C14H14N4S/c1-11-17-13(10-19-11)5-4-12-8-15-14(16-9-12)18-6-2-3-7-18/h8-10H,2-3,6-7H2,1H3/p+1. The van der Waals surface area contributed by atoms with Gasteiger partial charge in [-0.05, 0) is 12.8 Å². The second kappa shape index (κ2) is 5.37. The van der Waals surface area contributed by atoms with E-state index >= 15 is 0 Å². The number of aromatic amines is 1. The number of nitrogens with one attached hydrogen (secondary N) is 1. The Bertz CT molecular complexity index is 615. The third-order valence-electron chi connectivity index (χ3n) is 3.03. The van der Waals surface area contributed by atoms with Crippen LogP contribution in [0.25, 0.3) is 0 Å². The summed E-state index contributed by atoms with van der Waals surface area (Å²) in [5.74, 6) is 6.98. The molecule has 1 fully saturated rings. The van der Waals surface area contributed by atoms with Gasteiger partial charge in [-0.15, -0.1) is 0 Å². The first kappa shape index (κ1) is 12.1. The molecular formula is C14H15N4S+. The summed E-state index contributed by atoms with van der Waals surface area (Å²) in [4.78, 5) is 14.2. The average Bonchev–Trinajstić information content (AvgIpc) is 3.08. The van der Waals surface area contributed by atoms with Gasteiger partial charge in [-0.1, -0.05) is 17.3 Å². The van der Waals surface area contributed by atoms with E-state index in [0.29, 0.717) is 0 Å². The van der Waals surface area contributed by atoms with Gasteiger partial charge in [0.2, 0.25) is 11.0 Å². The molecule has 1 saturated heterocycles. The maximum atomic E-state index is 4.38. The van der Waals surface area contributed by atoms with E-state index in [1.807, 2.05) is 12.3 Å². The van der Waals surface area contributed by atoms with Crippen LogP contribution in [0.1, 0.15) is 29.1 Å². The van der Waals surface area contributed by atoms with Gasteiger partial charge in [0.25, 0.3) is 5.69 Å². The molecule has 0 radical (unpaired) electrons. The number of aromatic nitrogens is 3. The van der Waals surface area contributed by atoms with Crippen molar-refractivity contribution in [2.24, 2.45) is 0 Å². The minimum atomic E-state index is 0.820. The van der Waals surface area contributed by atoms with Crippen LogP contribution in [-0.2, 0) is 0 Å². The van der Waals surface area contributed by atoms with Crippen LogP contribution >= 0.6 is 11.3 Å². The van der Waals surface area contributed by atoms with Crippen LogP contribution in [-0.4, -0.2) is 23.1 Å². The molecule has 4 nitrogen and oxygen atoms in total. The van der Waals surface area contributed by atoms with Crippen LogP contribution in [0.5, 0.6) is 0 Å². The number of nitrogens with zero attached hydrogens (tertiary/aromatic N) is 3. The van der Waals surface area contributed by atoms with E-state index in [2.05, 4.69) is 31.7 Å². The van der Waals surface area contributed by atoms with E-state index in [1.54, 1.807) is 23.7 Å². The van der Waals surface area contributed by atoms with Crippen molar-refractivity contribution in [1.82, 2.24) is 9.97 Å². The van der Waals surface area contributed by atoms with Crippen LogP contribution in [0.2, 0.25) is 0 Å². The van der Waals surface area contributed by atoms with Crippen molar-refractivity contribution in [3.63, 3.8) is 0 Å². The zero-order valence-electron chi connectivity index (χ0n) is 10.8. The quantitative estimate of drug-likeness (QED) is 0.741. The van der Waals surface area contributed by atoms with Gasteiger partial charge in [-0.25, -0.2) is 9.97 Å². The molecule has 0 aliphatic carbocycles. The number of thiazole rings is 1. The number of hydrogen-bond donors (Lipinski definition) is 0. The van der Waals surface area contributed by atoms with Crippen molar-refractivity contribution in [3.8, 4) is 11.8 Å². The summed E-state index contributed by atoms with van der Waals surface area (Å²) in [6, 6.07) is 0. The maximum Gasteiger partial charge on any atom is 0.266 e. The van der Waals surface area contributed by atoms with Crippen LogP contribution < -0.4 is 9.88 Å². The molecule has 0 aromatic carbocycles. The molecule has 2 aromatic heterocycles. The lowest BCUT2D eigenvalue weighted by atomic mass is 10.3. The molecule has 5 heteroatoms. The Kier molecular flexibility index (Phi) is 3.43. The Hall–Kier alpha value is -1.93. The minimum Gasteiger partial charge on any atom is -0.341 e. The molecule has 0 unspecified atom stereocenters. The molecule has 3 heterocycles. The molecule has 0 spiro atoms. The highest BCUT2D eigenvalue weighted by molar-refractivity contribution is 7.09. The van der Waals surface area contributed by atoms with Gasteiger partial charge in [0, 0.05) is 38.3 Å². The largest absolute Gasteiger partial charge is 0.341 e. The average molecular weight is 271 g/mol. The van der Waals surface area contributed by atoms with Gasteiger partial charge < -0.3 is 4.90 Å². The fraction of sp³-hybridized carbons (Fsp3) is 0.357. The summed E-state index contributed by atoms with van der Waals surface area (Å²) in [7, 11) is 0. The molecule has 1 N–H and O–H groups in total. The number of aryl methyl sites for hydroxylation is 1. The second-order valence-electron chi connectivity index (χ2n) is 4.55. The third kappa shape index (κ3) is 2.91. The summed E-state index contributed by atoms with van der Waals surface area (Å²) in [5, 5.41) is 3.17. The Morgan fingerprint density at radius 2 is 1.95 bits per heavy atom. The van der Waals surface area contributed by atoms with Gasteiger partial charge in [0.05, 0.1) is 10.9 Å².